The van der Waals surface area contributed by atoms with E-state index in [4.69, 9.17) is 0 Å². The van der Waals surface area contributed by atoms with E-state index in [-0.39, 0.29) is 18.3 Å². The lowest BCUT2D eigenvalue weighted by Crippen LogP contribution is -2.44. The van der Waals surface area contributed by atoms with E-state index >= 15 is 0 Å². The largest absolute Gasteiger partial charge is 0.339 e. The molecular formula is C14H20ClIN2O. The Kier molecular flexibility index (Phi) is 6.56. The highest BCUT2D eigenvalue weighted by atomic mass is 127. The maximum Gasteiger partial charge on any atom is 0.254 e. The van der Waals surface area contributed by atoms with E-state index in [1.54, 1.807) is 0 Å². The second kappa shape index (κ2) is 7.45. The van der Waals surface area contributed by atoms with Crippen LogP contribution in [-0.4, -0.2) is 37.0 Å². The molecule has 1 aliphatic rings. The van der Waals surface area contributed by atoms with E-state index in [0.29, 0.717) is 6.04 Å². The molecule has 1 saturated heterocycles. The van der Waals surface area contributed by atoms with Gasteiger partial charge in [0.2, 0.25) is 0 Å². The van der Waals surface area contributed by atoms with Gasteiger partial charge in [0.25, 0.3) is 5.91 Å². The minimum Gasteiger partial charge on any atom is -0.339 e. The monoisotopic (exact) mass is 394 g/mol. The molecule has 3 nitrogen and oxygen atoms in total. The van der Waals surface area contributed by atoms with Crippen LogP contribution in [-0.2, 0) is 0 Å². The molecule has 5 heteroatoms. The highest BCUT2D eigenvalue weighted by molar-refractivity contribution is 14.1. The summed E-state index contributed by atoms with van der Waals surface area (Å²) in [5.74, 6) is 0.148. The summed E-state index contributed by atoms with van der Waals surface area (Å²) in [7, 11) is 1.93. The average Bonchev–Trinajstić information content (AvgIpc) is 2.41. The molecule has 2 rings (SSSR count). The molecule has 1 aromatic rings. The molecule has 1 amide bonds. The second-order valence-corrected chi connectivity index (χ2v) is 6.04. The van der Waals surface area contributed by atoms with Crippen LogP contribution in [0.4, 0.5) is 0 Å². The van der Waals surface area contributed by atoms with Crippen molar-refractivity contribution in [2.24, 2.45) is 0 Å². The SMILES string of the molecule is Cc1ccc(I)c(C(=O)N(C)C2CCNCC2)c1.Cl. The molecule has 1 fully saturated rings. The molecule has 0 bridgehead atoms. The molecule has 1 heterocycles. The smallest absolute Gasteiger partial charge is 0.254 e. The second-order valence-electron chi connectivity index (χ2n) is 4.88. The zero-order chi connectivity index (χ0) is 13.1. The van der Waals surface area contributed by atoms with Crippen molar-refractivity contribution >= 4 is 40.9 Å². The van der Waals surface area contributed by atoms with E-state index in [2.05, 4.69) is 27.9 Å². The number of carbonyl (C=O) groups is 1. The number of rotatable bonds is 2. The molecule has 1 aromatic carbocycles. The van der Waals surface area contributed by atoms with Crippen LogP contribution in [0.1, 0.15) is 28.8 Å². The molecule has 0 spiro atoms. The van der Waals surface area contributed by atoms with Crippen molar-refractivity contribution in [3.63, 3.8) is 0 Å². The molecule has 106 valence electrons. The lowest BCUT2D eigenvalue weighted by atomic mass is 10.0. The fraction of sp³-hybridized carbons (Fsp3) is 0.500. The number of piperidine rings is 1. The van der Waals surface area contributed by atoms with Crippen molar-refractivity contribution in [1.82, 2.24) is 10.2 Å². The minimum absolute atomic E-state index is 0. The van der Waals surface area contributed by atoms with Crippen molar-refractivity contribution in [3.05, 3.63) is 32.9 Å². The Labute approximate surface area is 134 Å². The van der Waals surface area contributed by atoms with Crippen LogP contribution in [0.5, 0.6) is 0 Å². The summed E-state index contributed by atoms with van der Waals surface area (Å²) in [4.78, 5) is 14.4. The quantitative estimate of drug-likeness (QED) is 0.782. The number of carbonyl (C=O) groups excluding carboxylic acids is 1. The first-order valence-corrected chi connectivity index (χ1v) is 7.41. The van der Waals surface area contributed by atoms with E-state index in [1.807, 2.05) is 37.1 Å². The van der Waals surface area contributed by atoms with Crippen LogP contribution in [0.2, 0.25) is 0 Å². The van der Waals surface area contributed by atoms with Gasteiger partial charge >= 0.3 is 0 Å². The summed E-state index contributed by atoms with van der Waals surface area (Å²) in [6.45, 7) is 4.04. The fourth-order valence-corrected chi connectivity index (χ4v) is 2.92. The molecule has 0 radical (unpaired) electrons. The number of aryl methyl sites for hydroxylation is 1. The first kappa shape index (κ1) is 16.7. The Hall–Kier alpha value is -0.330. The summed E-state index contributed by atoms with van der Waals surface area (Å²) in [5, 5.41) is 3.33. The van der Waals surface area contributed by atoms with Gasteiger partial charge in [0.1, 0.15) is 0 Å². The number of amides is 1. The zero-order valence-electron chi connectivity index (χ0n) is 11.3. The van der Waals surface area contributed by atoms with Crippen molar-refractivity contribution in [3.8, 4) is 0 Å². The molecular weight excluding hydrogens is 375 g/mol. The predicted molar refractivity (Wildman–Crippen MR) is 89.1 cm³/mol. The number of benzene rings is 1. The third-order valence-corrected chi connectivity index (χ3v) is 4.47. The van der Waals surface area contributed by atoms with Gasteiger partial charge in [-0.15, -0.1) is 12.4 Å². The number of nitrogens with one attached hydrogen (secondary N) is 1. The van der Waals surface area contributed by atoms with E-state index < -0.39 is 0 Å². The summed E-state index contributed by atoms with van der Waals surface area (Å²) in [6.07, 6.45) is 2.09. The molecule has 0 aromatic heterocycles. The number of hydrogen-bond donors (Lipinski definition) is 1. The Morgan fingerprint density at radius 3 is 2.63 bits per heavy atom. The summed E-state index contributed by atoms with van der Waals surface area (Å²) < 4.78 is 1.03. The van der Waals surface area contributed by atoms with Gasteiger partial charge < -0.3 is 10.2 Å². The fourth-order valence-electron chi connectivity index (χ4n) is 2.35. The summed E-state index contributed by atoms with van der Waals surface area (Å²) >= 11 is 2.24. The van der Waals surface area contributed by atoms with Crippen molar-refractivity contribution in [2.45, 2.75) is 25.8 Å². The van der Waals surface area contributed by atoms with Crippen molar-refractivity contribution in [1.29, 1.82) is 0 Å². The first-order valence-electron chi connectivity index (χ1n) is 6.33. The third-order valence-electron chi connectivity index (χ3n) is 3.53. The van der Waals surface area contributed by atoms with Crippen molar-refractivity contribution in [2.75, 3.05) is 20.1 Å². The van der Waals surface area contributed by atoms with Gasteiger partial charge in [0.15, 0.2) is 0 Å². The van der Waals surface area contributed by atoms with Crippen LogP contribution in [0.15, 0.2) is 18.2 Å². The van der Waals surface area contributed by atoms with Crippen LogP contribution >= 0.6 is 35.0 Å². The lowest BCUT2D eigenvalue weighted by Gasteiger charge is -2.32. The van der Waals surface area contributed by atoms with Crippen LogP contribution < -0.4 is 5.32 Å². The molecule has 19 heavy (non-hydrogen) atoms. The van der Waals surface area contributed by atoms with Crippen LogP contribution in [0.25, 0.3) is 0 Å². The van der Waals surface area contributed by atoms with Gasteiger partial charge in [-0.05, 0) is 67.6 Å². The van der Waals surface area contributed by atoms with Gasteiger partial charge in [-0.1, -0.05) is 11.6 Å². The van der Waals surface area contributed by atoms with Gasteiger partial charge in [0.05, 0.1) is 5.56 Å². The van der Waals surface area contributed by atoms with Gasteiger partial charge in [0, 0.05) is 16.7 Å². The maximum atomic E-state index is 12.5. The standard InChI is InChI=1S/C14H19IN2O.ClH/c1-10-3-4-13(15)12(9-10)14(18)17(2)11-5-7-16-8-6-11;/h3-4,9,11,16H,5-8H2,1-2H3;1H. The van der Waals surface area contributed by atoms with Gasteiger partial charge in [-0.2, -0.15) is 0 Å². The van der Waals surface area contributed by atoms with E-state index in [1.165, 1.54) is 0 Å². The number of nitrogens with zero attached hydrogens (tertiary/aromatic N) is 1. The maximum absolute atomic E-state index is 12.5. The molecule has 1 N–H and O–H groups in total. The highest BCUT2D eigenvalue weighted by Gasteiger charge is 2.23. The lowest BCUT2D eigenvalue weighted by molar-refractivity contribution is 0.0702. The number of halogens is 2. The highest BCUT2D eigenvalue weighted by Crippen LogP contribution is 2.19. The average molecular weight is 395 g/mol. The Morgan fingerprint density at radius 2 is 2.00 bits per heavy atom. The summed E-state index contributed by atoms with van der Waals surface area (Å²) in [5.41, 5.74) is 1.97. The topological polar surface area (TPSA) is 32.3 Å². The molecule has 0 unspecified atom stereocenters. The third kappa shape index (κ3) is 4.07. The van der Waals surface area contributed by atoms with E-state index in [9.17, 15) is 4.79 Å². The Morgan fingerprint density at radius 1 is 1.37 bits per heavy atom. The molecule has 1 aliphatic heterocycles. The summed E-state index contributed by atoms with van der Waals surface area (Å²) in [6, 6.07) is 6.42. The molecule has 0 atom stereocenters. The Balaban J connectivity index is 0.00000180. The van der Waals surface area contributed by atoms with Gasteiger partial charge in [-0.3, -0.25) is 4.79 Å². The number of hydrogen-bond acceptors (Lipinski definition) is 2. The normalized spacial score (nSPS) is 15.7. The molecule has 0 saturated carbocycles. The first-order chi connectivity index (χ1) is 8.59. The van der Waals surface area contributed by atoms with Gasteiger partial charge in [-0.25, -0.2) is 0 Å². The predicted octanol–water partition coefficient (Wildman–Crippen LogP) is 2.85. The van der Waals surface area contributed by atoms with Crippen molar-refractivity contribution < 1.29 is 4.79 Å². The van der Waals surface area contributed by atoms with Crippen LogP contribution in [0, 0.1) is 10.5 Å². The Bertz CT molecular complexity index is 447. The van der Waals surface area contributed by atoms with E-state index in [0.717, 1.165) is 40.6 Å². The van der Waals surface area contributed by atoms with Crippen LogP contribution in [0.3, 0.4) is 0 Å². The zero-order valence-corrected chi connectivity index (χ0v) is 14.3. The minimum atomic E-state index is 0. The molecule has 0 aliphatic carbocycles.